The number of carbonyl (C=O) groups excluding carboxylic acids is 1. The molecule has 3 rings (SSSR count). The van der Waals surface area contributed by atoms with Crippen LogP contribution in [0.3, 0.4) is 0 Å². The summed E-state index contributed by atoms with van der Waals surface area (Å²) < 4.78 is 0. The van der Waals surface area contributed by atoms with Gasteiger partial charge in [0.15, 0.2) is 0 Å². The van der Waals surface area contributed by atoms with Crippen LogP contribution in [0.5, 0.6) is 0 Å². The Labute approximate surface area is 131 Å². The van der Waals surface area contributed by atoms with E-state index in [1.54, 1.807) is 0 Å². The van der Waals surface area contributed by atoms with Gasteiger partial charge in [0, 0.05) is 45.1 Å². The average molecular weight is 307 g/mol. The van der Waals surface area contributed by atoms with Crippen LogP contribution in [-0.4, -0.2) is 43.4 Å². The normalized spacial score (nSPS) is 24.3. The smallest absolute Gasteiger partial charge is 0.137 e. The SMILES string of the molecule is O=C1CCCCC1CN1CCN(c2ccccc2Cl)CC1. The molecule has 0 aromatic heterocycles. The molecule has 1 aliphatic carbocycles. The molecule has 1 atom stereocenters. The minimum absolute atomic E-state index is 0.283. The molecule has 1 heterocycles. The number of anilines is 1. The van der Waals surface area contributed by atoms with Crippen molar-refractivity contribution >= 4 is 23.1 Å². The van der Waals surface area contributed by atoms with E-state index in [0.717, 1.165) is 62.7 Å². The van der Waals surface area contributed by atoms with Crippen LogP contribution in [0.1, 0.15) is 25.7 Å². The highest BCUT2D eigenvalue weighted by molar-refractivity contribution is 6.33. The van der Waals surface area contributed by atoms with Crippen LogP contribution in [0.15, 0.2) is 24.3 Å². The third-order valence-electron chi connectivity index (χ3n) is 4.73. The van der Waals surface area contributed by atoms with Crippen LogP contribution in [0.2, 0.25) is 5.02 Å². The molecule has 1 aromatic carbocycles. The standard InChI is InChI=1S/C17H23ClN2O/c18-15-6-2-3-7-16(15)20-11-9-19(10-12-20)13-14-5-1-4-8-17(14)21/h2-3,6-7,14H,1,4-5,8-13H2. The van der Waals surface area contributed by atoms with Crippen LogP contribution < -0.4 is 4.90 Å². The quantitative estimate of drug-likeness (QED) is 0.856. The lowest BCUT2D eigenvalue weighted by Gasteiger charge is -2.38. The van der Waals surface area contributed by atoms with E-state index >= 15 is 0 Å². The molecule has 1 saturated heterocycles. The topological polar surface area (TPSA) is 23.6 Å². The fourth-order valence-electron chi connectivity index (χ4n) is 3.44. The maximum atomic E-state index is 11.9. The molecule has 0 N–H and O–H groups in total. The van der Waals surface area contributed by atoms with Crippen LogP contribution in [0, 0.1) is 5.92 Å². The van der Waals surface area contributed by atoms with Gasteiger partial charge >= 0.3 is 0 Å². The highest BCUT2D eigenvalue weighted by Gasteiger charge is 2.26. The van der Waals surface area contributed by atoms with Gasteiger partial charge in [-0.3, -0.25) is 9.69 Å². The number of piperazine rings is 1. The summed E-state index contributed by atoms with van der Waals surface area (Å²) >= 11 is 6.27. The Bertz CT molecular complexity index is 497. The zero-order chi connectivity index (χ0) is 14.7. The summed E-state index contributed by atoms with van der Waals surface area (Å²) in [6, 6.07) is 8.04. The summed E-state index contributed by atoms with van der Waals surface area (Å²) in [5.74, 6) is 0.764. The molecule has 0 bridgehead atoms. The van der Waals surface area contributed by atoms with Gasteiger partial charge in [-0.15, -0.1) is 0 Å². The third-order valence-corrected chi connectivity index (χ3v) is 5.04. The molecule has 1 aromatic rings. The maximum absolute atomic E-state index is 11.9. The second kappa shape index (κ2) is 6.80. The molecule has 1 aliphatic heterocycles. The first-order valence-corrected chi connectivity index (χ1v) is 8.36. The molecular weight excluding hydrogens is 284 g/mol. The van der Waals surface area contributed by atoms with Gasteiger partial charge in [-0.1, -0.05) is 30.2 Å². The Kier molecular flexibility index (Phi) is 4.81. The van der Waals surface area contributed by atoms with Crippen molar-refractivity contribution in [2.24, 2.45) is 5.92 Å². The van der Waals surface area contributed by atoms with Gasteiger partial charge in [-0.2, -0.15) is 0 Å². The van der Waals surface area contributed by atoms with Crippen molar-refractivity contribution in [1.29, 1.82) is 0 Å². The number of benzene rings is 1. The molecule has 2 aliphatic rings. The summed E-state index contributed by atoms with van der Waals surface area (Å²) in [4.78, 5) is 16.7. The van der Waals surface area contributed by atoms with Crippen molar-refractivity contribution in [1.82, 2.24) is 4.90 Å². The Morgan fingerprint density at radius 2 is 1.86 bits per heavy atom. The van der Waals surface area contributed by atoms with Crippen molar-refractivity contribution in [3.63, 3.8) is 0 Å². The van der Waals surface area contributed by atoms with Crippen LogP contribution in [0.4, 0.5) is 5.69 Å². The molecule has 4 heteroatoms. The molecule has 2 fully saturated rings. The van der Waals surface area contributed by atoms with E-state index in [1.165, 1.54) is 6.42 Å². The lowest BCUT2D eigenvalue weighted by Crippen LogP contribution is -2.48. The number of hydrogen-bond acceptors (Lipinski definition) is 3. The number of rotatable bonds is 3. The monoisotopic (exact) mass is 306 g/mol. The first-order valence-electron chi connectivity index (χ1n) is 7.98. The van der Waals surface area contributed by atoms with E-state index < -0.39 is 0 Å². The molecular formula is C17H23ClN2O. The predicted molar refractivity (Wildman–Crippen MR) is 87.1 cm³/mol. The highest BCUT2D eigenvalue weighted by atomic mass is 35.5. The Morgan fingerprint density at radius 1 is 1.10 bits per heavy atom. The van der Waals surface area contributed by atoms with E-state index in [2.05, 4.69) is 15.9 Å². The van der Waals surface area contributed by atoms with Gasteiger partial charge in [0.25, 0.3) is 0 Å². The summed E-state index contributed by atoms with van der Waals surface area (Å²) in [6.45, 7) is 4.98. The second-order valence-electron chi connectivity index (χ2n) is 6.15. The minimum atomic E-state index is 0.283. The summed E-state index contributed by atoms with van der Waals surface area (Å²) in [7, 11) is 0. The Balaban J connectivity index is 1.53. The first-order chi connectivity index (χ1) is 10.2. The molecule has 0 spiro atoms. The van der Waals surface area contributed by atoms with E-state index in [0.29, 0.717) is 5.78 Å². The van der Waals surface area contributed by atoms with Crippen molar-refractivity contribution in [3.05, 3.63) is 29.3 Å². The molecule has 1 unspecified atom stereocenters. The molecule has 114 valence electrons. The molecule has 3 nitrogen and oxygen atoms in total. The largest absolute Gasteiger partial charge is 0.368 e. The Morgan fingerprint density at radius 3 is 2.57 bits per heavy atom. The van der Waals surface area contributed by atoms with Crippen LogP contribution in [0.25, 0.3) is 0 Å². The number of carbonyl (C=O) groups is 1. The number of Topliss-reactive ketones (excluding diaryl/α,β-unsaturated/α-hetero) is 1. The summed E-state index contributed by atoms with van der Waals surface area (Å²) in [5.41, 5.74) is 1.13. The van der Waals surface area contributed by atoms with Gasteiger partial charge in [-0.25, -0.2) is 0 Å². The minimum Gasteiger partial charge on any atom is -0.368 e. The van der Waals surface area contributed by atoms with Crippen molar-refractivity contribution in [2.75, 3.05) is 37.6 Å². The lowest BCUT2D eigenvalue weighted by atomic mass is 9.87. The van der Waals surface area contributed by atoms with Gasteiger partial charge in [-0.05, 0) is 25.0 Å². The summed E-state index contributed by atoms with van der Waals surface area (Å²) in [6.07, 6.45) is 4.19. The fraction of sp³-hybridized carbons (Fsp3) is 0.588. The molecule has 21 heavy (non-hydrogen) atoms. The van der Waals surface area contributed by atoms with Crippen LogP contribution in [-0.2, 0) is 4.79 Å². The molecule has 0 radical (unpaired) electrons. The number of ketones is 1. The lowest BCUT2D eigenvalue weighted by molar-refractivity contribution is -0.125. The van der Waals surface area contributed by atoms with Gasteiger partial charge < -0.3 is 4.90 Å². The zero-order valence-corrected chi connectivity index (χ0v) is 13.2. The van der Waals surface area contributed by atoms with Crippen molar-refractivity contribution < 1.29 is 4.79 Å². The van der Waals surface area contributed by atoms with Crippen LogP contribution >= 0.6 is 11.6 Å². The third kappa shape index (κ3) is 3.58. The van der Waals surface area contributed by atoms with Crippen molar-refractivity contribution in [3.8, 4) is 0 Å². The second-order valence-corrected chi connectivity index (χ2v) is 6.56. The molecule has 1 saturated carbocycles. The van der Waals surface area contributed by atoms with Crippen molar-refractivity contribution in [2.45, 2.75) is 25.7 Å². The first kappa shape index (κ1) is 14.9. The average Bonchev–Trinajstić information content (AvgIpc) is 2.51. The number of halogens is 1. The number of hydrogen-bond donors (Lipinski definition) is 0. The number of nitrogens with zero attached hydrogens (tertiary/aromatic N) is 2. The van der Waals surface area contributed by atoms with E-state index in [1.807, 2.05) is 18.2 Å². The van der Waals surface area contributed by atoms with E-state index in [4.69, 9.17) is 11.6 Å². The Hall–Kier alpha value is -1.06. The van der Waals surface area contributed by atoms with Gasteiger partial charge in [0.1, 0.15) is 5.78 Å². The van der Waals surface area contributed by atoms with Gasteiger partial charge in [0.05, 0.1) is 10.7 Å². The highest BCUT2D eigenvalue weighted by Crippen LogP contribution is 2.27. The summed E-state index contributed by atoms with van der Waals surface area (Å²) in [5, 5.41) is 0.827. The van der Waals surface area contributed by atoms with E-state index in [-0.39, 0.29) is 5.92 Å². The maximum Gasteiger partial charge on any atom is 0.137 e. The zero-order valence-electron chi connectivity index (χ0n) is 12.4. The predicted octanol–water partition coefficient (Wildman–Crippen LogP) is 3.22. The van der Waals surface area contributed by atoms with E-state index in [9.17, 15) is 4.79 Å². The number of para-hydroxylation sites is 1. The van der Waals surface area contributed by atoms with Gasteiger partial charge in [0.2, 0.25) is 0 Å². The fourth-order valence-corrected chi connectivity index (χ4v) is 3.69. The molecule has 0 amide bonds.